The molecule has 0 atom stereocenters. The Labute approximate surface area is 174 Å². The summed E-state index contributed by atoms with van der Waals surface area (Å²) in [6.45, 7) is 3.13. The number of fused-ring (bicyclic) bond motifs is 1. The van der Waals surface area contributed by atoms with Gasteiger partial charge in [-0.3, -0.25) is 4.98 Å². The molecule has 0 saturated heterocycles. The third-order valence-corrected chi connectivity index (χ3v) is 4.57. The molecule has 29 heavy (non-hydrogen) atoms. The summed E-state index contributed by atoms with van der Waals surface area (Å²) >= 11 is 6.08. The van der Waals surface area contributed by atoms with Crippen LogP contribution < -0.4 is 14.8 Å². The van der Waals surface area contributed by atoms with Crippen molar-refractivity contribution in [3.63, 3.8) is 0 Å². The Morgan fingerprint density at radius 1 is 0.897 bits per heavy atom. The molecule has 0 spiro atoms. The Balaban J connectivity index is 1.59. The van der Waals surface area contributed by atoms with Crippen LogP contribution in [0.15, 0.2) is 73.1 Å². The molecule has 4 rings (SSSR count). The SMILES string of the molecule is CCOc1cc(CNc2ccccn2)ccc1Oc1ccnc2cc(Cl)ccc12. The molecule has 0 aliphatic heterocycles. The summed E-state index contributed by atoms with van der Waals surface area (Å²) in [5, 5.41) is 4.83. The molecule has 0 radical (unpaired) electrons. The highest BCUT2D eigenvalue weighted by Crippen LogP contribution is 2.36. The van der Waals surface area contributed by atoms with Crippen LogP contribution in [0.2, 0.25) is 5.02 Å². The molecule has 4 aromatic rings. The number of anilines is 1. The average Bonchev–Trinajstić information content (AvgIpc) is 2.74. The number of benzene rings is 2. The van der Waals surface area contributed by atoms with Gasteiger partial charge in [-0.1, -0.05) is 23.7 Å². The van der Waals surface area contributed by atoms with Crippen LogP contribution >= 0.6 is 11.6 Å². The number of halogens is 1. The number of aromatic nitrogens is 2. The third kappa shape index (κ3) is 4.58. The lowest BCUT2D eigenvalue weighted by atomic mass is 10.2. The first-order valence-corrected chi connectivity index (χ1v) is 9.73. The maximum Gasteiger partial charge on any atom is 0.169 e. The van der Waals surface area contributed by atoms with E-state index in [4.69, 9.17) is 21.1 Å². The molecule has 0 unspecified atom stereocenters. The van der Waals surface area contributed by atoms with E-state index in [1.165, 1.54) is 0 Å². The lowest BCUT2D eigenvalue weighted by Gasteiger charge is -2.15. The summed E-state index contributed by atoms with van der Waals surface area (Å²) in [4.78, 5) is 8.64. The van der Waals surface area contributed by atoms with Crippen molar-refractivity contribution in [1.82, 2.24) is 9.97 Å². The number of pyridine rings is 2. The topological polar surface area (TPSA) is 56.3 Å². The monoisotopic (exact) mass is 405 g/mol. The summed E-state index contributed by atoms with van der Waals surface area (Å²) in [5.41, 5.74) is 1.85. The molecule has 146 valence electrons. The summed E-state index contributed by atoms with van der Waals surface area (Å²) < 4.78 is 12.0. The Kier molecular flexibility index (Phi) is 5.77. The van der Waals surface area contributed by atoms with Crippen LogP contribution in [0.1, 0.15) is 12.5 Å². The van der Waals surface area contributed by atoms with Crippen LogP contribution in [0.5, 0.6) is 17.2 Å². The summed E-state index contributed by atoms with van der Waals surface area (Å²) in [5.74, 6) is 2.86. The van der Waals surface area contributed by atoms with Gasteiger partial charge in [-0.2, -0.15) is 0 Å². The predicted octanol–water partition coefficient (Wildman–Crippen LogP) is 6.09. The van der Waals surface area contributed by atoms with E-state index in [-0.39, 0.29) is 0 Å². The summed E-state index contributed by atoms with van der Waals surface area (Å²) in [7, 11) is 0. The fraction of sp³-hybridized carbons (Fsp3) is 0.130. The Morgan fingerprint density at radius 3 is 2.66 bits per heavy atom. The predicted molar refractivity (Wildman–Crippen MR) is 116 cm³/mol. The minimum absolute atomic E-state index is 0.542. The number of hydrogen-bond acceptors (Lipinski definition) is 5. The number of rotatable bonds is 7. The van der Waals surface area contributed by atoms with Crippen LogP contribution in [-0.2, 0) is 6.54 Å². The minimum Gasteiger partial charge on any atom is -0.490 e. The fourth-order valence-electron chi connectivity index (χ4n) is 2.98. The van der Waals surface area contributed by atoms with E-state index in [1.54, 1.807) is 12.4 Å². The number of nitrogens with zero attached hydrogens (tertiary/aromatic N) is 2. The maximum absolute atomic E-state index is 6.19. The first-order valence-electron chi connectivity index (χ1n) is 9.35. The van der Waals surface area contributed by atoms with Gasteiger partial charge in [-0.05, 0) is 61.0 Å². The maximum atomic E-state index is 6.19. The van der Waals surface area contributed by atoms with Gasteiger partial charge in [0.15, 0.2) is 11.5 Å². The van der Waals surface area contributed by atoms with E-state index in [2.05, 4.69) is 15.3 Å². The smallest absolute Gasteiger partial charge is 0.169 e. The highest BCUT2D eigenvalue weighted by molar-refractivity contribution is 6.31. The molecule has 2 aromatic heterocycles. The van der Waals surface area contributed by atoms with Gasteiger partial charge < -0.3 is 14.8 Å². The Bertz CT molecular complexity index is 1120. The Morgan fingerprint density at radius 2 is 1.83 bits per heavy atom. The number of nitrogens with one attached hydrogen (secondary N) is 1. The number of ether oxygens (including phenoxy) is 2. The Hall–Kier alpha value is -3.31. The first kappa shape index (κ1) is 19.0. The summed E-state index contributed by atoms with van der Waals surface area (Å²) in [6.07, 6.45) is 3.47. The van der Waals surface area contributed by atoms with Gasteiger partial charge in [0.2, 0.25) is 0 Å². The van der Waals surface area contributed by atoms with Gasteiger partial charge in [0, 0.05) is 29.3 Å². The van der Waals surface area contributed by atoms with E-state index in [9.17, 15) is 0 Å². The molecule has 0 aliphatic rings. The van der Waals surface area contributed by atoms with Crippen LogP contribution in [0.4, 0.5) is 5.82 Å². The highest BCUT2D eigenvalue weighted by atomic mass is 35.5. The average molecular weight is 406 g/mol. The number of hydrogen-bond donors (Lipinski definition) is 1. The van der Waals surface area contributed by atoms with Gasteiger partial charge in [0.05, 0.1) is 12.1 Å². The zero-order valence-electron chi connectivity index (χ0n) is 15.9. The van der Waals surface area contributed by atoms with Crippen molar-refractivity contribution in [1.29, 1.82) is 0 Å². The van der Waals surface area contributed by atoms with Crippen molar-refractivity contribution in [2.75, 3.05) is 11.9 Å². The van der Waals surface area contributed by atoms with Crippen LogP contribution in [0.3, 0.4) is 0 Å². The van der Waals surface area contributed by atoms with Gasteiger partial charge in [-0.25, -0.2) is 4.98 Å². The zero-order valence-corrected chi connectivity index (χ0v) is 16.7. The van der Waals surface area contributed by atoms with E-state index in [1.807, 2.05) is 67.6 Å². The summed E-state index contributed by atoms with van der Waals surface area (Å²) in [6, 6.07) is 19.1. The van der Waals surface area contributed by atoms with Crippen LogP contribution in [0, 0.1) is 0 Å². The van der Waals surface area contributed by atoms with Crippen molar-refractivity contribution in [2.45, 2.75) is 13.5 Å². The van der Waals surface area contributed by atoms with Gasteiger partial charge in [-0.15, -0.1) is 0 Å². The van der Waals surface area contributed by atoms with Gasteiger partial charge in [0.1, 0.15) is 11.6 Å². The molecule has 0 saturated carbocycles. The second kappa shape index (κ2) is 8.80. The van der Waals surface area contributed by atoms with Crippen LogP contribution in [0.25, 0.3) is 10.9 Å². The van der Waals surface area contributed by atoms with E-state index >= 15 is 0 Å². The lowest BCUT2D eigenvalue weighted by molar-refractivity contribution is 0.321. The van der Waals surface area contributed by atoms with Crippen LogP contribution in [-0.4, -0.2) is 16.6 Å². The molecule has 1 N–H and O–H groups in total. The van der Waals surface area contributed by atoms with Crippen molar-refractivity contribution in [3.05, 3.63) is 83.6 Å². The molecule has 2 aromatic carbocycles. The molecule has 6 heteroatoms. The fourth-order valence-corrected chi connectivity index (χ4v) is 3.14. The van der Waals surface area contributed by atoms with Gasteiger partial charge in [0.25, 0.3) is 0 Å². The van der Waals surface area contributed by atoms with Crippen molar-refractivity contribution >= 4 is 28.3 Å². The minimum atomic E-state index is 0.542. The second-order valence-corrected chi connectivity index (χ2v) is 6.79. The van der Waals surface area contributed by atoms with E-state index in [0.29, 0.717) is 35.4 Å². The van der Waals surface area contributed by atoms with E-state index < -0.39 is 0 Å². The highest BCUT2D eigenvalue weighted by Gasteiger charge is 2.11. The lowest BCUT2D eigenvalue weighted by Crippen LogP contribution is -2.02. The molecule has 0 bridgehead atoms. The molecule has 5 nitrogen and oxygen atoms in total. The first-order chi connectivity index (χ1) is 14.2. The standard InChI is InChI=1S/C23H20ClN3O2/c1-2-28-22-13-16(15-27-23-5-3-4-11-26-23)6-9-21(22)29-20-10-12-25-19-14-17(24)7-8-18(19)20/h3-14H,2,15H2,1H3,(H,26,27). The molecular formula is C23H20ClN3O2. The third-order valence-electron chi connectivity index (χ3n) is 4.33. The van der Waals surface area contributed by atoms with Crippen molar-refractivity contribution in [3.8, 4) is 17.2 Å². The van der Waals surface area contributed by atoms with E-state index in [0.717, 1.165) is 22.3 Å². The second-order valence-electron chi connectivity index (χ2n) is 6.36. The molecule has 2 heterocycles. The zero-order chi connectivity index (χ0) is 20.1. The molecule has 0 amide bonds. The van der Waals surface area contributed by atoms with Crippen molar-refractivity contribution < 1.29 is 9.47 Å². The normalized spacial score (nSPS) is 10.7. The van der Waals surface area contributed by atoms with Crippen molar-refractivity contribution in [2.24, 2.45) is 0 Å². The molecule has 0 fully saturated rings. The molecule has 0 aliphatic carbocycles. The molecular weight excluding hydrogens is 386 g/mol. The quantitative estimate of drug-likeness (QED) is 0.403. The van der Waals surface area contributed by atoms with Gasteiger partial charge >= 0.3 is 0 Å². The largest absolute Gasteiger partial charge is 0.490 e.